The van der Waals surface area contributed by atoms with Crippen molar-refractivity contribution in [1.29, 1.82) is 0 Å². The third-order valence-corrected chi connectivity index (χ3v) is 6.54. The number of hydrogen-bond donors (Lipinski definition) is 1. The Kier molecular flexibility index (Phi) is 6.90. The standard InChI is InChI=1S/C27H30N4O5/c1-4-34-21-13-7-18(8-14-21)24-23(17(2)31(27(32)28-24)16-22-6-5-15-35-22)26-29-25(30-36-26)19-9-11-20(33-3)12-10-19/h7-14,22,24H,4-6,15-16H2,1-3H3,(H,28,32). The molecule has 1 saturated heterocycles. The number of aromatic nitrogens is 2. The zero-order chi connectivity index (χ0) is 25.1. The molecule has 188 valence electrons. The number of ether oxygens (including phenoxy) is 3. The van der Waals surface area contributed by atoms with Gasteiger partial charge in [0, 0.05) is 17.9 Å². The predicted molar refractivity (Wildman–Crippen MR) is 133 cm³/mol. The Hall–Kier alpha value is -3.85. The van der Waals surface area contributed by atoms with Gasteiger partial charge < -0.3 is 24.1 Å². The summed E-state index contributed by atoms with van der Waals surface area (Å²) >= 11 is 0. The fraction of sp³-hybridized carbons (Fsp3) is 0.370. The van der Waals surface area contributed by atoms with Gasteiger partial charge in [0.05, 0.1) is 38.0 Å². The smallest absolute Gasteiger partial charge is 0.322 e. The van der Waals surface area contributed by atoms with Crippen molar-refractivity contribution in [3.05, 3.63) is 65.7 Å². The topological polar surface area (TPSA) is 99.0 Å². The van der Waals surface area contributed by atoms with Gasteiger partial charge in [0.25, 0.3) is 5.89 Å². The van der Waals surface area contributed by atoms with E-state index in [1.165, 1.54) is 0 Å². The summed E-state index contributed by atoms with van der Waals surface area (Å²) in [5.74, 6) is 2.33. The van der Waals surface area contributed by atoms with E-state index in [0.29, 0.717) is 24.9 Å². The zero-order valence-electron chi connectivity index (χ0n) is 20.7. The van der Waals surface area contributed by atoms with Gasteiger partial charge in [-0.05, 0) is 68.7 Å². The molecule has 1 aromatic heterocycles. The van der Waals surface area contributed by atoms with Crippen molar-refractivity contribution in [3.8, 4) is 22.9 Å². The number of carbonyl (C=O) groups is 1. The molecule has 0 spiro atoms. The van der Waals surface area contributed by atoms with Gasteiger partial charge in [-0.25, -0.2) is 4.79 Å². The SMILES string of the molecule is CCOc1ccc(C2NC(=O)N(CC3CCCO3)C(C)=C2c2nc(-c3ccc(OC)cc3)no2)cc1. The molecule has 2 aromatic carbocycles. The number of urea groups is 1. The molecule has 2 atom stereocenters. The molecule has 0 saturated carbocycles. The van der Waals surface area contributed by atoms with E-state index in [1.807, 2.05) is 62.4 Å². The first-order chi connectivity index (χ1) is 17.6. The van der Waals surface area contributed by atoms with E-state index < -0.39 is 6.04 Å². The lowest BCUT2D eigenvalue weighted by atomic mass is 9.94. The van der Waals surface area contributed by atoms with Crippen LogP contribution in [0.25, 0.3) is 17.0 Å². The summed E-state index contributed by atoms with van der Waals surface area (Å²) in [6.45, 7) is 5.63. The quantitative estimate of drug-likeness (QED) is 0.483. The van der Waals surface area contributed by atoms with E-state index >= 15 is 0 Å². The summed E-state index contributed by atoms with van der Waals surface area (Å²) in [5.41, 5.74) is 3.21. The van der Waals surface area contributed by atoms with E-state index in [2.05, 4.69) is 10.5 Å². The fourth-order valence-corrected chi connectivity index (χ4v) is 4.63. The van der Waals surface area contributed by atoms with Crippen LogP contribution in [0.2, 0.25) is 0 Å². The molecule has 9 heteroatoms. The van der Waals surface area contributed by atoms with Crippen LogP contribution in [-0.4, -0.2) is 54.0 Å². The van der Waals surface area contributed by atoms with Crippen molar-refractivity contribution in [2.24, 2.45) is 0 Å². The fourth-order valence-electron chi connectivity index (χ4n) is 4.63. The number of carbonyl (C=O) groups excluding carboxylic acids is 1. The second-order valence-corrected chi connectivity index (χ2v) is 8.78. The van der Waals surface area contributed by atoms with Gasteiger partial charge in [-0.15, -0.1) is 0 Å². The van der Waals surface area contributed by atoms with Gasteiger partial charge in [0.2, 0.25) is 5.82 Å². The van der Waals surface area contributed by atoms with E-state index in [9.17, 15) is 4.79 Å². The van der Waals surface area contributed by atoms with Crippen molar-refractivity contribution in [2.45, 2.75) is 38.8 Å². The van der Waals surface area contributed by atoms with Gasteiger partial charge >= 0.3 is 6.03 Å². The number of nitrogens with one attached hydrogen (secondary N) is 1. The van der Waals surface area contributed by atoms with E-state index in [0.717, 1.165) is 53.3 Å². The molecule has 0 bridgehead atoms. The summed E-state index contributed by atoms with van der Waals surface area (Å²) in [6.07, 6.45) is 1.93. The Morgan fingerprint density at radius 3 is 2.53 bits per heavy atom. The summed E-state index contributed by atoms with van der Waals surface area (Å²) < 4.78 is 22.4. The van der Waals surface area contributed by atoms with Crippen LogP contribution in [0.3, 0.4) is 0 Å². The molecule has 2 unspecified atom stereocenters. The Labute approximate surface area is 210 Å². The average Bonchev–Trinajstić information content (AvgIpc) is 3.60. The Morgan fingerprint density at radius 1 is 1.11 bits per heavy atom. The summed E-state index contributed by atoms with van der Waals surface area (Å²) in [7, 11) is 1.62. The van der Waals surface area contributed by atoms with E-state index in [-0.39, 0.29) is 12.1 Å². The number of methoxy groups -OCH3 is 1. The van der Waals surface area contributed by atoms with Gasteiger partial charge in [-0.1, -0.05) is 17.3 Å². The molecular weight excluding hydrogens is 460 g/mol. The van der Waals surface area contributed by atoms with Crippen molar-refractivity contribution in [1.82, 2.24) is 20.4 Å². The number of benzene rings is 2. The highest BCUT2D eigenvalue weighted by Gasteiger charge is 2.37. The lowest BCUT2D eigenvalue weighted by Crippen LogP contribution is -2.48. The highest BCUT2D eigenvalue weighted by Crippen LogP contribution is 2.38. The van der Waals surface area contributed by atoms with Crippen LogP contribution in [0.1, 0.15) is 44.2 Å². The minimum Gasteiger partial charge on any atom is -0.497 e. The number of rotatable bonds is 8. The second kappa shape index (κ2) is 10.4. The lowest BCUT2D eigenvalue weighted by molar-refractivity contribution is 0.0877. The van der Waals surface area contributed by atoms with Gasteiger partial charge in [-0.2, -0.15) is 4.98 Å². The third-order valence-electron chi connectivity index (χ3n) is 6.54. The Balaban J connectivity index is 1.53. The van der Waals surface area contributed by atoms with Crippen LogP contribution in [0.4, 0.5) is 4.79 Å². The van der Waals surface area contributed by atoms with E-state index in [4.69, 9.17) is 23.7 Å². The van der Waals surface area contributed by atoms with Crippen LogP contribution in [-0.2, 0) is 4.74 Å². The third kappa shape index (κ3) is 4.79. The monoisotopic (exact) mass is 490 g/mol. The molecule has 1 N–H and O–H groups in total. The molecule has 3 aromatic rings. The number of allylic oxidation sites excluding steroid dienone is 1. The summed E-state index contributed by atoms with van der Waals surface area (Å²) in [4.78, 5) is 19.7. The molecule has 5 rings (SSSR count). The maximum absolute atomic E-state index is 13.2. The first kappa shape index (κ1) is 23.9. The second-order valence-electron chi connectivity index (χ2n) is 8.78. The largest absolute Gasteiger partial charge is 0.497 e. The maximum Gasteiger partial charge on any atom is 0.322 e. The summed E-state index contributed by atoms with van der Waals surface area (Å²) in [5, 5.41) is 7.37. The number of amides is 2. The Bertz CT molecular complexity index is 1230. The van der Waals surface area contributed by atoms with Crippen LogP contribution in [0, 0.1) is 0 Å². The van der Waals surface area contributed by atoms with Crippen LogP contribution < -0.4 is 14.8 Å². The number of nitrogens with zero attached hydrogens (tertiary/aromatic N) is 3. The highest BCUT2D eigenvalue weighted by atomic mass is 16.5. The molecule has 36 heavy (non-hydrogen) atoms. The molecule has 9 nitrogen and oxygen atoms in total. The van der Waals surface area contributed by atoms with Gasteiger partial charge in [0.15, 0.2) is 0 Å². The molecule has 2 aliphatic rings. The zero-order valence-corrected chi connectivity index (χ0v) is 20.7. The van der Waals surface area contributed by atoms with Crippen LogP contribution in [0.5, 0.6) is 11.5 Å². The first-order valence-corrected chi connectivity index (χ1v) is 12.2. The number of hydrogen-bond acceptors (Lipinski definition) is 7. The maximum atomic E-state index is 13.2. The minimum atomic E-state index is -0.460. The predicted octanol–water partition coefficient (Wildman–Crippen LogP) is 4.82. The summed E-state index contributed by atoms with van der Waals surface area (Å²) in [6, 6.07) is 14.5. The van der Waals surface area contributed by atoms with Crippen molar-refractivity contribution in [3.63, 3.8) is 0 Å². The molecule has 1 fully saturated rings. The molecule has 0 radical (unpaired) electrons. The van der Waals surface area contributed by atoms with Crippen molar-refractivity contribution < 1.29 is 23.5 Å². The highest BCUT2D eigenvalue weighted by molar-refractivity contribution is 5.87. The normalized spacial score (nSPS) is 20.0. The van der Waals surface area contributed by atoms with E-state index in [1.54, 1.807) is 12.0 Å². The molecule has 0 aliphatic carbocycles. The molecule has 2 aliphatic heterocycles. The minimum absolute atomic E-state index is 0.00604. The molecule has 3 heterocycles. The first-order valence-electron chi connectivity index (χ1n) is 12.2. The van der Waals surface area contributed by atoms with Crippen LogP contribution in [0.15, 0.2) is 58.8 Å². The van der Waals surface area contributed by atoms with Crippen LogP contribution >= 0.6 is 0 Å². The lowest BCUT2D eigenvalue weighted by Gasteiger charge is -2.36. The van der Waals surface area contributed by atoms with Gasteiger partial charge in [0.1, 0.15) is 11.5 Å². The van der Waals surface area contributed by atoms with Crippen molar-refractivity contribution in [2.75, 3.05) is 26.9 Å². The van der Waals surface area contributed by atoms with Gasteiger partial charge in [-0.3, -0.25) is 4.90 Å². The molecular formula is C27H30N4O5. The molecule has 2 amide bonds. The van der Waals surface area contributed by atoms with Crippen molar-refractivity contribution >= 4 is 11.6 Å². The Morgan fingerprint density at radius 2 is 1.86 bits per heavy atom. The average molecular weight is 491 g/mol.